The van der Waals surface area contributed by atoms with Crippen LogP contribution in [0, 0.1) is 0 Å². The molecule has 0 radical (unpaired) electrons. The van der Waals surface area contributed by atoms with Crippen molar-refractivity contribution < 1.29 is 13.5 Å². The molecule has 0 unspecified atom stereocenters. The molecule has 10 heteroatoms. The van der Waals surface area contributed by atoms with E-state index in [1.54, 1.807) is 54.6 Å². The first-order chi connectivity index (χ1) is 14.1. The minimum atomic E-state index is -4.26. The van der Waals surface area contributed by atoms with Gasteiger partial charge in [-0.2, -0.15) is 0 Å². The van der Waals surface area contributed by atoms with E-state index in [2.05, 4.69) is 4.99 Å². The summed E-state index contributed by atoms with van der Waals surface area (Å²) >= 11 is 6.11. The van der Waals surface area contributed by atoms with Gasteiger partial charge < -0.3 is 5.11 Å². The van der Waals surface area contributed by atoms with Crippen molar-refractivity contribution in [2.75, 3.05) is 0 Å². The van der Waals surface area contributed by atoms with Gasteiger partial charge in [-0.1, -0.05) is 48.0 Å². The lowest BCUT2D eigenvalue weighted by atomic mass is 10.2. The van der Waals surface area contributed by atoms with Crippen molar-refractivity contribution in [3.05, 3.63) is 91.6 Å². The highest BCUT2D eigenvalue weighted by atomic mass is 35.5. The van der Waals surface area contributed by atoms with Gasteiger partial charge in [0, 0.05) is 19.1 Å². The smallest absolute Gasteiger partial charge is 0.333 e. The Morgan fingerprint density at radius 3 is 2.23 bits per heavy atom. The summed E-state index contributed by atoms with van der Waals surface area (Å²) in [6.45, 7) is 0. The summed E-state index contributed by atoms with van der Waals surface area (Å²) in [6.07, 6.45) is 0. The first-order valence-electron chi connectivity index (χ1n) is 8.72. The second kappa shape index (κ2) is 8.29. The van der Waals surface area contributed by atoms with Gasteiger partial charge in [0.05, 0.1) is 11.4 Å². The lowest BCUT2D eigenvalue weighted by Crippen LogP contribution is -2.41. The van der Waals surface area contributed by atoms with Crippen molar-refractivity contribution in [3.8, 4) is 5.88 Å². The summed E-state index contributed by atoms with van der Waals surface area (Å²) in [4.78, 5) is 29.0. The first kappa shape index (κ1) is 21.5. The zero-order valence-corrected chi connectivity index (χ0v) is 17.7. The van der Waals surface area contributed by atoms with Crippen LogP contribution in [0.1, 0.15) is 11.1 Å². The minimum Gasteiger partial charge on any atom is -0.494 e. The number of rotatable bonds is 4. The molecular formula is C20H18ClN3O5S. The average molecular weight is 448 g/mol. The minimum absolute atomic E-state index is 0.234. The summed E-state index contributed by atoms with van der Waals surface area (Å²) in [5.74, 6) is -1.34. The van der Waals surface area contributed by atoms with E-state index < -0.39 is 43.3 Å². The van der Waals surface area contributed by atoms with Crippen LogP contribution in [0.2, 0.25) is 5.02 Å². The molecule has 0 saturated heterocycles. The Morgan fingerprint density at radius 2 is 1.60 bits per heavy atom. The summed E-state index contributed by atoms with van der Waals surface area (Å²) in [5.41, 5.74) is -1.81. The van der Waals surface area contributed by atoms with E-state index in [0.29, 0.717) is 10.1 Å². The molecule has 2 aromatic carbocycles. The van der Waals surface area contributed by atoms with Crippen LogP contribution in [-0.2, 0) is 29.7 Å². The van der Waals surface area contributed by atoms with Crippen LogP contribution in [0.3, 0.4) is 0 Å². The SMILES string of the molecule is Cn1c(O)c(C(=Nc2ccccc2)S(=O)(=O)Cc2ccccc2Cl)c(=O)n(C)c1=O. The number of aromatic hydroxyl groups is 1. The monoisotopic (exact) mass is 447 g/mol. The molecule has 0 aliphatic rings. The van der Waals surface area contributed by atoms with Gasteiger partial charge in [0.25, 0.3) is 5.56 Å². The van der Waals surface area contributed by atoms with Gasteiger partial charge in [-0.25, -0.2) is 18.2 Å². The summed E-state index contributed by atoms with van der Waals surface area (Å²) in [7, 11) is -1.85. The lowest BCUT2D eigenvalue weighted by Gasteiger charge is -2.13. The molecule has 0 aliphatic carbocycles. The van der Waals surface area contributed by atoms with Crippen LogP contribution < -0.4 is 11.2 Å². The number of para-hydroxylation sites is 1. The van der Waals surface area contributed by atoms with Gasteiger partial charge in [0.1, 0.15) is 5.56 Å². The molecule has 0 spiro atoms. The number of benzene rings is 2. The second-order valence-corrected chi connectivity index (χ2v) is 8.82. The van der Waals surface area contributed by atoms with Crippen molar-refractivity contribution in [3.63, 3.8) is 0 Å². The fraction of sp³-hybridized carbons (Fsp3) is 0.150. The van der Waals surface area contributed by atoms with Crippen molar-refractivity contribution >= 4 is 32.2 Å². The Labute approximate surface area is 177 Å². The summed E-state index contributed by atoms with van der Waals surface area (Å²) in [6, 6.07) is 14.5. The van der Waals surface area contributed by atoms with Crippen molar-refractivity contribution in [2.45, 2.75) is 5.75 Å². The van der Waals surface area contributed by atoms with Crippen LogP contribution in [0.5, 0.6) is 5.88 Å². The maximum atomic E-state index is 13.3. The Bertz CT molecular complexity index is 1360. The van der Waals surface area contributed by atoms with Crippen LogP contribution in [0.25, 0.3) is 0 Å². The largest absolute Gasteiger partial charge is 0.494 e. The van der Waals surface area contributed by atoms with Crippen LogP contribution >= 0.6 is 11.6 Å². The number of aliphatic imine (C=N–C) groups is 1. The van der Waals surface area contributed by atoms with E-state index in [9.17, 15) is 23.1 Å². The third-order valence-electron chi connectivity index (χ3n) is 4.43. The number of aromatic nitrogens is 2. The third kappa shape index (κ3) is 4.07. The Kier molecular flexibility index (Phi) is 5.95. The van der Waals surface area contributed by atoms with Crippen molar-refractivity contribution in [1.29, 1.82) is 0 Å². The molecule has 0 fully saturated rings. The number of sulfone groups is 1. The van der Waals surface area contributed by atoms with E-state index in [4.69, 9.17) is 11.6 Å². The molecular weight excluding hydrogens is 430 g/mol. The lowest BCUT2D eigenvalue weighted by molar-refractivity contribution is 0.410. The molecule has 8 nitrogen and oxygen atoms in total. The molecule has 1 N–H and O–H groups in total. The molecule has 0 saturated carbocycles. The Hall–Kier alpha value is -3.17. The van der Waals surface area contributed by atoms with Gasteiger partial charge >= 0.3 is 5.69 Å². The maximum absolute atomic E-state index is 13.3. The highest BCUT2D eigenvalue weighted by Crippen LogP contribution is 2.24. The molecule has 3 aromatic rings. The van der Waals surface area contributed by atoms with Gasteiger partial charge in [0.2, 0.25) is 15.7 Å². The highest BCUT2D eigenvalue weighted by molar-refractivity contribution is 8.06. The molecule has 3 rings (SSSR count). The first-order valence-corrected chi connectivity index (χ1v) is 10.8. The topological polar surface area (TPSA) is 111 Å². The second-order valence-electron chi connectivity index (χ2n) is 6.51. The quantitative estimate of drug-likeness (QED) is 0.486. The molecule has 30 heavy (non-hydrogen) atoms. The van der Waals surface area contributed by atoms with Crippen molar-refractivity contribution in [2.24, 2.45) is 19.1 Å². The predicted molar refractivity (Wildman–Crippen MR) is 115 cm³/mol. The third-order valence-corrected chi connectivity index (χ3v) is 6.38. The Balaban J connectivity index is 2.32. The zero-order valence-electron chi connectivity index (χ0n) is 16.1. The zero-order chi connectivity index (χ0) is 22.1. The van der Waals surface area contributed by atoms with Gasteiger partial charge in [-0.15, -0.1) is 0 Å². The highest BCUT2D eigenvalue weighted by Gasteiger charge is 2.31. The molecule has 1 heterocycles. The van der Waals surface area contributed by atoms with E-state index in [-0.39, 0.29) is 10.7 Å². The molecule has 0 amide bonds. The van der Waals surface area contributed by atoms with Crippen LogP contribution in [0.15, 0.2) is 69.2 Å². The molecule has 0 bridgehead atoms. The number of hydrogen-bond acceptors (Lipinski definition) is 6. The summed E-state index contributed by atoms with van der Waals surface area (Å²) in [5, 5.41) is 10.1. The van der Waals surface area contributed by atoms with E-state index >= 15 is 0 Å². The van der Waals surface area contributed by atoms with E-state index in [1.807, 2.05) is 0 Å². The fourth-order valence-electron chi connectivity index (χ4n) is 2.81. The summed E-state index contributed by atoms with van der Waals surface area (Å²) < 4.78 is 28.2. The van der Waals surface area contributed by atoms with Gasteiger partial charge in [0.15, 0.2) is 5.04 Å². The maximum Gasteiger partial charge on any atom is 0.333 e. The number of nitrogens with zero attached hydrogens (tertiary/aromatic N) is 3. The van der Waals surface area contributed by atoms with Gasteiger partial charge in [-0.05, 0) is 23.8 Å². The van der Waals surface area contributed by atoms with E-state index in [0.717, 1.165) is 4.57 Å². The number of hydrogen-bond donors (Lipinski definition) is 1. The van der Waals surface area contributed by atoms with Crippen LogP contribution in [0.4, 0.5) is 5.69 Å². The molecule has 156 valence electrons. The average Bonchev–Trinajstić information content (AvgIpc) is 2.72. The van der Waals surface area contributed by atoms with Crippen LogP contribution in [-0.4, -0.2) is 27.7 Å². The molecule has 1 aromatic heterocycles. The molecule has 0 atom stereocenters. The predicted octanol–water partition coefficient (Wildman–Crippen LogP) is 2.14. The standard InChI is InChI=1S/C20H18ClN3O5S/c1-23-18(25)16(19(26)24(2)20(23)27)17(22-14-9-4-3-5-10-14)30(28,29)12-13-8-6-7-11-15(13)21/h3-11,25H,12H2,1-2H3. The normalized spacial score (nSPS) is 12.2. The fourth-order valence-corrected chi connectivity index (χ4v) is 4.62. The van der Waals surface area contributed by atoms with Gasteiger partial charge in [-0.3, -0.25) is 13.9 Å². The van der Waals surface area contributed by atoms with E-state index in [1.165, 1.54) is 14.1 Å². The van der Waals surface area contributed by atoms with Crippen molar-refractivity contribution in [1.82, 2.24) is 9.13 Å². The Morgan fingerprint density at radius 1 is 1.00 bits per heavy atom. The molecule has 0 aliphatic heterocycles. The number of halogens is 1.